The van der Waals surface area contributed by atoms with E-state index < -0.39 is 15.7 Å². The molecule has 1 aromatic carbocycles. The fourth-order valence-corrected chi connectivity index (χ4v) is 4.63. The summed E-state index contributed by atoms with van der Waals surface area (Å²) in [5.74, 6) is 0.197. The molecule has 1 fully saturated rings. The topological polar surface area (TPSA) is 85.3 Å². The van der Waals surface area contributed by atoms with E-state index >= 15 is 0 Å². The molecule has 0 radical (unpaired) electrons. The predicted octanol–water partition coefficient (Wildman–Crippen LogP) is 2.63. The summed E-state index contributed by atoms with van der Waals surface area (Å²) in [6.07, 6.45) is 1.64. The molecule has 2 aromatic heterocycles. The van der Waals surface area contributed by atoms with E-state index in [1.54, 1.807) is 24.4 Å². The maximum absolute atomic E-state index is 13.1. The van der Waals surface area contributed by atoms with Crippen LogP contribution in [0, 0.1) is 5.82 Å². The minimum absolute atomic E-state index is 0.191. The number of morpholine rings is 1. The minimum atomic E-state index is -3.52. The van der Waals surface area contributed by atoms with Gasteiger partial charge in [0.1, 0.15) is 17.3 Å². The Morgan fingerprint density at radius 3 is 2.47 bits per heavy atom. The van der Waals surface area contributed by atoms with Gasteiger partial charge in [0, 0.05) is 25.4 Å². The van der Waals surface area contributed by atoms with Gasteiger partial charge >= 0.3 is 0 Å². The van der Waals surface area contributed by atoms with Gasteiger partial charge in [-0.1, -0.05) is 18.2 Å². The van der Waals surface area contributed by atoms with Gasteiger partial charge in [-0.2, -0.15) is 0 Å². The Balaban J connectivity index is 1.64. The molecule has 0 unspecified atom stereocenters. The first kappa shape index (κ1) is 20.4. The highest BCUT2D eigenvalue weighted by atomic mass is 32.2. The van der Waals surface area contributed by atoms with E-state index in [1.165, 1.54) is 24.3 Å². The molecule has 1 saturated heterocycles. The van der Waals surface area contributed by atoms with E-state index in [4.69, 9.17) is 4.74 Å². The molecule has 9 heteroatoms. The molecule has 0 saturated carbocycles. The second kappa shape index (κ2) is 8.85. The lowest BCUT2D eigenvalue weighted by Crippen LogP contribution is -2.37. The molecular weight excluding hydrogens is 407 g/mol. The lowest BCUT2D eigenvalue weighted by atomic mass is 10.2. The van der Waals surface area contributed by atoms with Crippen LogP contribution in [0.4, 0.5) is 10.2 Å². The van der Waals surface area contributed by atoms with Gasteiger partial charge < -0.3 is 9.64 Å². The van der Waals surface area contributed by atoms with Gasteiger partial charge in [-0.3, -0.25) is 4.98 Å². The fraction of sp³-hybridized carbons (Fsp3) is 0.286. The fourth-order valence-electron chi connectivity index (χ4n) is 3.23. The van der Waals surface area contributed by atoms with Crippen molar-refractivity contribution in [1.29, 1.82) is 0 Å². The zero-order valence-electron chi connectivity index (χ0n) is 16.2. The van der Waals surface area contributed by atoms with E-state index in [1.807, 2.05) is 11.0 Å². The molecule has 3 aromatic rings. The smallest absolute Gasteiger partial charge is 0.180 e. The highest BCUT2D eigenvalue weighted by Crippen LogP contribution is 2.22. The maximum Gasteiger partial charge on any atom is 0.180 e. The number of hydrogen-bond acceptors (Lipinski definition) is 7. The van der Waals surface area contributed by atoms with Crippen molar-refractivity contribution in [3.63, 3.8) is 0 Å². The van der Waals surface area contributed by atoms with Crippen LogP contribution < -0.4 is 4.90 Å². The predicted molar refractivity (Wildman–Crippen MR) is 111 cm³/mol. The van der Waals surface area contributed by atoms with Gasteiger partial charge in [0.2, 0.25) is 0 Å². The number of halogens is 1. The molecule has 0 atom stereocenters. The first-order valence-corrected chi connectivity index (χ1v) is 11.4. The first-order valence-electron chi connectivity index (χ1n) is 9.55. The third kappa shape index (κ3) is 5.17. The minimum Gasteiger partial charge on any atom is -0.378 e. The van der Waals surface area contributed by atoms with E-state index in [0.29, 0.717) is 54.9 Å². The van der Waals surface area contributed by atoms with Crippen LogP contribution in [0.1, 0.15) is 11.3 Å². The number of aromatic nitrogens is 3. The molecule has 3 heterocycles. The average Bonchev–Trinajstić information content (AvgIpc) is 2.76. The molecule has 0 amide bonds. The Bertz CT molecular complexity index is 1100. The lowest BCUT2D eigenvalue weighted by Gasteiger charge is -2.28. The SMILES string of the molecule is O=S(=O)(Cc1ccc(F)cc1)Cc1cc(N2CCOCC2)nc(-c2ccccn2)n1. The number of hydrogen-bond donors (Lipinski definition) is 0. The van der Waals surface area contributed by atoms with Crippen LogP contribution in [0.25, 0.3) is 11.5 Å². The van der Waals surface area contributed by atoms with Crippen LogP contribution in [-0.4, -0.2) is 49.7 Å². The van der Waals surface area contributed by atoms with Crippen molar-refractivity contribution < 1.29 is 17.5 Å². The standard InChI is InChI=1S/C21H21FN4O3S/c22-17-6-4-16(5-7-17)14-30(27,28)15-18-13-20(26-9-11-29-12-10-26)25-21(24-18)19-3-1-2-8-23-19/h1-8,13H,9-12,14-15H2. The monoisotopic (exact) mass is 428 g/mol. The van der Waals surface area contributed by atoms with Crippen LogP contribution >= 0.6 is 0 Å². The first-order chi connectivity index (χ1) is 14.5. The van der Waals surface area contributed by atoms with Gasteiger partial charge in [0.15, 0.2) is 15.7 Å². The largest absolute Gasteiger partial charge is 0.378 e. The van der Waals surface area contributed by atoms with E-state index in [9.17, 15) is 12.8 Å². The Kier molecular flexibility index (Phi) is 6.01. The molecule has 0 bridgehead atoms. The van der Waals surface area contributed by atoms with Crippen LogP contribution in [-0.2, 0) is 26.1 Å². The molecule has 0 aliphatic carbocycles. The van der Waals surface area contributed by atoms with Gasteiger partial charge in [-0.25, -0.2) is 22.8 Å². The summed E-state index contributed by atoms with van der Waals surface area (Å²) in [6, 6.07) is 12.6. The van der Waals surface area contributed by atoms with Crippen molar-refractivity contribution in [2.45, 2.75) is 11.5 Å². The van der Waals surface area contributed by atoms with Crippen molar-refractivity contribution in [2.24, 2.45) is 0 Å². The van der Waals surface area contributed by atoms with Gasteiger partial charge in [-0.15, -0.1) is 0 Å². The van der Waals surface area contributed by atoms with E-state index in [-0.39, 0.29) is 11.5 Å². The van der Waals surface area contributed by atoms with Crippen molar-refractivity contribution in [1.82, 2.24) is 15.0 Å². The Morgan fingerprint density at radius 2 is 1.77 bits per heavy atom. The summed E-state index contributed by atoms with van der Waals surface area (Å²) >= 11 is 0. The Labute approximate surface area is 174 Å². The van der Waals surface area contributed by atoms with Gasteiger partial charge in [0.05, 0.1) is 30.4 Å². The molecule has 30 heavy (non-hydrogen) atoms. The number of benzene rings is 1. The summed E-state index contributed by atoms with van der Waals surface area (Å²) in [6.45, 7) is 2.50. The molecule has 1 aliphatic heterocycles. The van der Waals surface area contributed by atoms with Crippen LogP contribution in [0.3, 0.4) is 0 Å². The third-order valence-electron chi connectivity index (χ3n) is 4.66. The van der Waals surface area contributed by atoms with Crippen molar-refractivity contribution in [2.75, 3.05) is 31.2 Å². The normalized spacial score (nSPS) is 14.6. The van der Waals surface area contributed by atoms with Crippen molar-refractivity contribution >= 4 is 15.7 Å². The Morgan fingerprint density at radius 1 is 1.00 bits per heavy atom. The maximum atomic E-state index is 13.1. The zero-order chi connectivity index (χ0) is 21.0. The van der Waals surface area contributed by atoms with Gasteiger partial charge in [0.25, 0.3) is 0 Å². The molecule has 4 rings (SSSR count). The summed E-state index contributed by atoms with van der Waals surface area (Å²) < 4.78 is 44.1. The summed E-state index contributed by atoms with van der Waals surface area (Å²) in [5.41, 5.74) is 1.50. The second-order valence-corrected chi connectivity index (χ2v) is 9.08. The molecule has 0 spiro atoms. The van der Waals surface area contributed by atoms with Crippen LogP contribution in [0.2, 0.25) is 0 Å². The number of anilines is 1. The van der Waals surface area contributed by atoms with Crippen molar-refractivity contribution in [3.8, 4) is 11.5 Å². The number of ether oxygens (including phenoxy) is 1. The van der Waals surface area contributed by atoms with Crippen LogP contribution in [0.15, 0.2) is 54.7 Å². The molecule has 156 valence electrons. The van der Waals surface area contributed by atoms with Gasteiger partial charge in [-0.05, 0) is 29.8 Å². The highest BCUT2D eigenvalue weighted by Gasteiger charge is 2.20. The summed E-state index contributed by atoms with van der Waals surface area (Å²) in [7, 11) is -3.52. The molecule has 0 N–H and O–H groups in total. The van der Waals surface area contributed by atoms with Crippen LogP contribution in [0.5, 0.6) is 0 Å². The quantitative estimate of drug-likeness (QED) is 0.597. The zero-order valence-corrected chi connectivity index (χ0v) is 17.1. The summed E-state index contributed by atoms with van der Waals surface area (Å²) in [4.78, 5) is 15.4. The molecule has 1 aliphatic rings. The number of nitrogens with zero attached hydrogens (tertiary/aromatic N) is 4. The second-order valence-electron chi connectivity index (χ2n) is 7.01. The average molecular weight is 428 g/mol. The van der Waals surface area contributed by atoms with Crippen molar-refractivity contribution in [3.05, 3.63) is 71.8 Å². The highest BCUT2D eigenvalue weighted by molar-refractivity contribution is 7.89. The molecule has 7 nitrogen and oxygen atoms in total. The third-order valence-corrected chi connectivity index (χ3v) is 6.17. The summed E-state index contributed by atoms with van der Waals surface area (Å²) in [5, 5.41) is 0. The molecular formula is C21H21FN4O3S. The van der Waals surface area contributed by atoms with E-state index in [0.717, 1.165) is 0 Å². The van der Waals surface area contributed by atoms with E-state index in [2.05, 4.69) is 15.0 Å². The number of rotatable bonds is 6. The number of pyridine rings is 1. The lowest BCUT2D eigenvalue weighted by molar-refractivity contribution is 0.122. The number of sulfone groups is 1. The Hall–Kier alpha value is -2.91.